The van der Waals surface area contributed by atoms with E-state index in [1.165, 1.54) is 11.2 Å². The average molecular weight is 408 g/mol. The van der Waals surface area contributed by atoms with Gasteiger partial charge in [-0.1, -0.05) is 6.92 Å². The molecule has 2 aliphatic heterocycles. The van der Waals surface area contributed by atoms with Crippen molar-refractivity contribution < 1.29 is 18.0 Å². The van der Waals surface area contributed by atoms with Gasteiger partial charge >= 0.3 is 0 Å². The number of sulfonamides is 1. The monoisotopic (exact) mass is 407 g/mol. The normalized spacial score (nSPS) is 20.8. The summed E-state index contributed by atoms with van der Waals surface area (Å²) < 4.78 is 27.6. The molecule has 154 valence electrons. The molecule has 0 bridgehead atoms. The first kappa shape index (κ1) is 20.8. The summed E-state index contributed by atoms with van der Waals surface area (Å²) >= 11 is 0. The zero-order chi connectivity index (χ0) is 20.5. The molecule has 0 radical (unpaired) electrons. The van der Waals surface area contributed by atoms with Gasteiger partial charge in [0.05, 0.1) is 4.90 Å². The van der Waals surface area contributed by atoms with Crippen LogP contribution in [-0.2, 0) is 26.0 Å². The highest BCUT2D eigenvalue weighted by molar-refractivity contribution is 7.89. The number of benzene rings is 1. The first-order valence-electron chi connectivity index (χ1n) is 9.96. The second-order valence-electron chi connectivity index (χ2n) is 7.70. The molecule has 0 saturated carbocycles. The lowest BCUT2D eigenvalue weighted by Crippen LogP contribution is -2.43. The van der Waals surface area contributed by atoms with Gasteiger partial charge in [-0.25, -0.2) is 8.42 Å². The highest BCUT2D eigenvalue weighted by atomic mass is 32.2. The van der Waals surface area contributed by atoms with E-state index in [4.69, 9.17) is 0 Å². The van der Waals surface area contributed by atoms with E-state index in [1.54, 1.807) is 23.1 Å². The van der Waals surface area contributed by atoms with Gasteiger partial charge < -0.3 is 10.2 Å². The number of amides is 2. The lowest BCUT2D eigenvalue weighted by molar-refractivity contribution is -0.126. The summed E-state index contributed by atoms with van der Waals surface area (Å²) in [4.78, 5) is 26.0. The van der Waals surface area contributed by atoms with Gasteiger partial charge in [0.25, 0.3) is 0 Å². The molecule has 1 aromatic rings. The number of anilines is 1. The van der Waals surface area contributed by atoms with E-state index in [9.17, 15) is 18.0 Å². The van der Waals surface area contributed by atoms with Crippen LogP contribution in [0.3, 0.4) is 0 Å². The Morgan fingerprint density at radius 3 is 2.50 bits per heavy atom. The smallest absolute Gasteiger partial charge is 0.243 e. The van der Waals surface area contributed by atoms with E-state index in [1.807, 2.05) is 13.8 Å². The lowest BCUT2D eigenvalue weighted by Gasteiger charge is -2.30. The largest absolute Gasteiger partial charge is 0.356 e. The van der Waals surface area contributed by atoms with E-state index < -0.39 is 10.0 Å². The van der Waals surface area contributed by atoms with Crippen molar-refractivity contribution in [3.63, 3.8) is 0 Å². The molecule has 1 atom stereocenters. The van der Waals surface area contributed by atoms with Gasteiger partial charge in [-0.2, -0.15) is 4.31 Å². The van der Waals surface area contributed by atoms with Crippen LogP contribution in [-0.4, -0.2) is 50.2 Å². The Kier molecular flexibility index (Phi) is 6.09. The zero-order valence-corrected chi connectivity index (χ0v) is 17.6. The van der Waals surface area contributed by atoms with Gasteiger partial charge in [-0.05, 0) is 56.4 Å². The molecule has 1 saturated heterocycles. The Morgan fingerprint density at radius 2 is 1.89 bits per heavy atom. The number of fused-ring (bicyclic) bond motifs is 1. The second kappa shape index (κ2) is 8.21. The third kappa shape index (κ3) is 3.93. The summed E-state index contributed by atoms with van der Waals surface area (Å²) in [5, 5.41) is 2.89. The van der Waals surface area contributed by atoms with Crippen LogP contribution in [0.15, 0.2) is 23.1 Å². The van der Waals surface area contributed by atoms with Crippen LogP contribution in [0.1, 0.15) is 45.6 Å². The summed E-state index contributed by atoms with van der Waals surface area (Å²) in [6, 6.07) is 5.05. The van der Waals surface area contributed by atoms with Crippen LogP contribution >= 0.6 is 0 Å². The molecule has 1 aromatic carbocycles. The van der Waals surface area contributed by atoms with Gasteiger partial charge in [-0.3, -0.25) is 9.59 Å². The fraction of sp³-hybridized carbons (Fsp3) is 0.600. The maximum absolute atomic E-state index is 13.1. The molecule has 28 heavy (non-hydrogen) atoms. The number of rotatable bonds is 5. The Bertz CT molecular complexity index is 860. The van der Waals surface area contributed by atoms with Gasteiger partial charge in [0.15, 0.2) is 0 Å². The zero-order valence-electron chi connectivity index (χ0n) is 16.8. The molecule has 2 heterocycles. The van der Waals surface area contributed by atoms with Gasteiger partial charge in [0.2, 0.25) is 21.8 Å². The predicted molar refractivity (Wildman–Crippen MR) is 108 cm³/mol. The molecule has 3 rings (SSSR count). The first-order valence-corrected chi connectivity index (χ1v) is 11.4. The van der Waals surface area contributed by atoms with Crippen molar-refractivity contribution in [2.24, 2.45) is 5.92 Å². The van der Waals surface area contributed by atoms with Crippen molar-refractivity contribution in [1.82, 2.24) is 9.62 Å². The van der Waals surface area contributed by atoms with Crippen LogP contribution in [0.2, 0.25) is 0 Å². The highest BCUT2D eigenvalue weighted by Gasteiger charge is 2.34. The van der Waals surface area contributed by atoms with Crippen LogP contribution in [0.4, 0.5) is 5.69 Å². The van der Waals surface area contributed by atoms with E-state index in [-0.39, 0.29) is 28.7 Å². The van der Waals surface area contributed by atoms with E-state index in [0.29, 0.717) is 38.9 Å². The van der Waals surface area contributed by atoms with Crippen molar-refractivity contribution in [2.45, 2.75) is 57.4 Å². The highest BCUT2D eigenvalue weighted by Crippen LogP contribution is 2.35. The molecule has 2 amide bonds. The quantitative estimate of drug-likeness (QED) is 0.808. The third-order valence-electron chi connectivity index (χ3n) is 5.62. The molecular formula is C20H29N3O4S. The minimum Gasteiger partial charge on any atom is -0.356 e. The van der Waals surface area contributed by atoms with E-state index in [0.717, 1.165) is 17.7 Å². The van der Waals surface area contributed by atoms with Gasteiger partial charge in [0.1, 0.15) is 0 Å². The summed E-state index contributed by atoms with van der Waals surface area (Å²) in [6.07, 6.45) is 2.61. The molecule has 1 fully saturated rings. The number of hydrogen-bond donors (Lipinski definition) is 1. The minimum atomic E-state index is -3.61. The third-order valence-corrected chi connectivity index (χ3v) is 7.51. The van der Waals surface area contributed by atoms with Crippen molar-refractivity contribution in [1.29, 1.82) is 0 Å². The second-order valence-corrected chi connectivity index (χ2v) is 9.64. The van der Waals surface area contributed by atoms with E-state index in [2.05, 4.69) is 5.32 Å². The SMILES string of the molecule is CCCNC(=O)C1CCN(S(=O)(=O)c2ccc3c(c2)C[C@H](C)N3C(C)=O)CC1. The average Bonchev–Trinajstić information content (AvgIpc) is 3.01. The summed E-state index contributed by atoms with van der Waals surface area (Å²) in [5.74, 6) is -0.136. The Hall–Kier alpha value is -1.93. The summed E-state index contributed by atoms with van der Waals surface area (Å²) in [6.45, 7) is 6.84. The van der Waals surface area contributed by atoms with E-state index >= 15 is 0 Å². The number of carbonyl (C=O) groups excluding carboxylic acids is 2. The molecular weight excluding hydrogens is 378 g/mol. The number of carbonyl (C=O) groups is 2. The topological polar surface area (TPSA) is 86.8 Å². The Morgan fingerprint density at radius 1 is 1.21 bits per heavy atom. The van der Waals surface area contributed by atoms with Crippen molar-refractivity contribution in [2.75, 3.05) is 24.5 Å². The molecule has 0 aromatic heterocycles. The Labute approximate surface area is 167 Å². The standard InChI is InChI=1S/C20H29N3O4S/c1-4-9-21-20(25)16-7-10-22(11-8-16)28(26,27)18-5-6-19-17(13-18)12-14(2)23(19)15(3)24/h5-6,13-14,16H,4,7-12H2,1-3H3,(H,21,25)/t14-/m0/s1. The molecule has 0 aliphatic carbocycles. The van der Waals surface area contributed by atoms with Gasteiger partial charge in [-0.15, -0.1) is 0 Å². The lowest BCUT2D eigenvalue weighted by atomic mass is 9.97. The first-order chi connectivity index (χ1) is 13.3. The summed E-state index contributed by atoms with van der Waals surface area (Å²) in [5.41, 5.74) is 1.68. The number of piperidine rings is 1. The molecule has 8 heteroatoms. The number of nitrogens with zero attached hydrogens (tertiary/aromatic N) is 2. The predicted octanol–water partition coefficient (Wildman–Crippen LogP) is 1.91. The maximum atomic E-state index is 13.1. The number of nitrogens with one attached hydrogen (secondary N) is 1. The van der Waals surface area contributed by atoms with Crippen molar-refractivity contribution >= 4 is 27.5 Å². The van der Waals surface area contributed by atoms with Gasteiger partial charge in [0, 0.05) is 44.2 Å². The molecule has 1 N–H and O–H groups in total. The van der Waals surface area contributed by atoms with Crippen LogP contribution < -0.4 is 10.2 Å². The minimum absolute atomic E-state index is 0.0229. The summed E-state index contributed by atoms with van der Waals surface area (Å²) in [7, 11) is -3.61. The van der Waals surface area contributed by atoms with Crippen molar-refractivity contribution in [3.8, 4) is 0 Å². The molecule has 2 aliphatic rings. The van der Waals surface area contributed by atoms with Crippen molar-refractivity contribution in [3.05, 3.63) is 23.8 Å². The van der Waals surface area contributed by atoms with Crippen LogP contribution in [0, 0.1) is 5.92 Å². The van der Waals surface area contributed by atoms with Crippen LogP contribution in [0.25, 0.3) is 0 Å². The fourth-order valence-electron chi connectivity index (χ4n) is 4.15. The molecule has 0 spiro atoms. The molecule has 7 nitrogen and oxygen atoms in total. The fourth-order valence-corrected chi connectivity index (χ4v) is 5.67. The number of hydrogen-bond acceptors (Lipinski definition) is 4. The Balaban J connectivity index is 1.72. The molecule has 0 unspecified atom stereocenters. The van der Waals surface area contributed by atoms with Crippen LogP contribution in [0.5, 0.6) is 0 Å². The maximum Gasteiger partial charge on any atom is 0.243 e.